The van der Waals surface area contributed by atoms with Crippen LogP contribution in [0.1, 0.15) is 10.4 Å². The number of carbonyl (C=O) groups is 1. The topological polar surface area (TPSA) is 142 Å². The van der Waals surface area contributed by atoms with Gasteiger partial charge in [-0.2, -0.15) is 0 Å². The van der Waals surface area contributed by atoms with Crippen LogP contribution in [0, 0.1) is 10.1 Å². The molecule has 24 heavy (non-hydrogen) atoms. The fourth-order valence-corrected chi connectivity index (χ4v) is 2.83. The lowest BCUT2D eigenvalue weighted by Gasteiger charge is -2.08. The molecule has 10 heteroatoms. The Labute approximate surface area is 137 Å². The number of amides is 1. The molecule has 2 aromatic rings. The maximum absolute atomic E-state index is 12.1. The van der Waals surface area contributed by atoms with E-state index in [9.17, 15) is 23.3 Å². The zero-order valence-electron chi connectivity index (χ0n) is 12.4. The Hall–Kier alpha value is -3.14. The van der Waals surface area contributed by atoms with Crippen LogP contribution in [0.2, 0.25) is 0 Å². The van der Waals surface area contributed by atoms with Gasteiger partial charge in [0.05, 0.1) is 16.9 Å². The lowest BCUT2D eigenvalue weighted by atomic mass is 10.2. The van der Waals surface area contributed by atoms with Crippen LogP contribution in [0.15, 0.2) is 47.4 Å². The first-order chi connectivity index (χ1) is 11.2. The summed E-state index contributed by atoms with van der Waals surface area (Å²) in [6, 6.07) is 8.55. The number of benzene rings is 2. The first-order valence-electron chi connectivity index (χ1n) is 6.49. The molecule has 0 saturated heterocycles. The Morgan fingerprint density at radius 1 is 1.21 bits per heavy atom. The Morgan fingerprint density at radius 2 is 1.83 bits per heavy atom. The summed E-state index contributed by atoms with van der Waals surface area (Å²) in [5.74, 6) is -1.10. The van der Waals surface area contributed by atoms with Crippen LogP contribution in [-0.2, 0) is 10.0 Å². The molecule has 0 aromatic heterocycles. The molecule has 126 valence electrons. The standard InChI is InChI=1S/C14H13N3O6S/c1-23-13-8-9(2-7-12(13)17(19)20)14(18)16-24(21,22)11-5-3-10(15)4-6-11/h2-8H,15H2,1H3,(H,16,18). The number of hydrogen-bond donors (Lipinski definition) is 2. The lowest BCUT2D eigenvalue weighted by molar-refractivity contribution is -0.385. The van der Waals surface area contributed by atoms with Gasteiger partial charge in [-0.05, 0) is 30.3 Å². The number of sulfonamides is 1. The largest absolute Gasteiger partial charge is 0.490 e. The molecule has 0 aliphatic carbocycles. The molecule has 0 fully saturated rings. The molecule has 0 saturated carbocycles. The van der Waals surface area contributed by atoms with Gasteiger partial charge in [0, 0.05) is 23.4 Å². The highest BCUT2D eigenvalue weighted by atomic mass is 32.2. The molecule has 0 bridgehead atoms. The van der Waals surface area contributed by atoms with Crippen LogP contribution in [0.3, 0.4) is 0 Å². The minimum atomic E-state index is -4.10. The van der Waals surface area contributed by atoms with E-state index in [2.05, 4.69) is 0 Å². The Morgan fingerprint density at radius 3 is 2.38 bits per heavy atom. The second-order valence-electron chi connectivity index (χ2n) is 4.65. The van der Waals surface area contributed by atoms with E-state index in [0.717, 1.165) is 18.2 Å². The molecule has 0 spiro atoms. The minimum Gasteiger partial charge on any atom is -0.490 e. The van der Waals surface area contributed by atoms with Gasteiger partial charge in [-0.25, -0.2) is 13.1 Å². The molecule has 0 atom stereocenters. The predicted octanol–water partition coefficient (Wildman–Crippen LogP) is 1.30. The number of nitrogens with one attached hydrogen (secondary N) is 1. The highest BCUT2D eigenvalue weighted by Crippen LogP contribution is 2.27. The number of hydrogen-bond acceptors (Lipinski definition) is 7. The molecule has 0 aliphatic heterocycles. The van der Waals surface area contributed by atoms with E-state index < -0.39 is 20.9 Å². The van der Waals surface area contributed by atoms with Crippen LogP contribution in [-0.4, -0.2) is 26.4 Å². The fraction of sp³-hybridized carbons (Fsp3) is 0.0714. The summed E-state index contributed by atoms with van der Waals surface area (Å²) in [4.78, 5) is 22.1. The normalized spacial score (nSPS) is 10.9. The van der Waals surface area contributed by atoms with Crippen LogP contribution in [0.4, 0.5) is 11.4 Å². The summed E-state index contributed by atoms with van der Waals surface area (Å²) < 4.78 is 31.0. The Balaban J connectivity index is 2.29. The monoisotopic (exact) mass is 351 g/mol. The third-order valence-electron chi connectivity index (χ3n) is 3.06. The molecule has 1 amide bonds. The van der Waals surface area contributed by atoms with Crippen molar-refractivity contribution in [1.29, 1.82) is 0 Å². The van der Waals surface area contributed by atoms with E-state index in [1.807, 2.05) is 4.72 Å². The number of anilines is 1. The van der Waals surface area contributed by atoms with E-state index in [4.69, 9.17) is 10.5 Å². The summed E-state index contributed by atoms with van der Waals surface area (Å²) in [5, 5.41) is 10.8. The van der Waals surface area contributed by atoms with Crippen LogP contribution >= 0.6 is 0 Å². The number of nitro groups is 1. The minimum absolute atomic E-state index is 0.100. The smallest absolute Gasteiger partial charge is 0.310 e. The predicted molar refractivity (Wildman–Crippen MR) is 85.2 cm³/mol. The molecule has 2 rings (SSSR count). The molecule has 0 aliphatic rings. The Bertz CT molecular complexity index is 893. The molecule has 2 aromatic carbocycles. The summed E-state index contributed by atoms with van der Waals surface area (Å²) in [5.41, 5.74) is 5.42. The van der Waals surface area contributed by atoms with Crippen molar-refractivity contribution in [2.75, 3.05) is 12.8 Å². The number of nitrogen functional groups attached to an aromatic ring is 1. The summed E-state index contributed by atoms with van der Waals surface area (Å²) in [7, 11) is -2.90. The summed E-state index contributed by atoms with van der Waals surface area (Å²) in [6.45, 7) is 0. The van der Waals surface area contributed by atoms with Crippen molar-refractivity contribution in [3.8, 4) is 5.75 Å². The number of nitrogens with zero attached hydrogens (tertiary/aromatic N) is 1. The van der Waals surface area contributed by atoms with E-state index in [-0.39, 0.29) is 21.9 Å². The second-order valence-corrected chi connectivity index (χ2v) is 6.33. The van der Waals surface area contributed by atoms with Gasteiger partial charge in [0.25, 0.3) is 15.9 Å². The summed E-state index contributed by atoms with van der Waals surface area (Å²) >= 11 is 0. The first kappa shape index (κ1) is 17.2. The first-order valence-corrected chi connectivity index (χ1v) is 7.98. The van der Waals surface area contributed by atoms with Gasteiger partial charge in [0.15, 0.2) is 5.75 Å². The number of methoxy groups -OCH3 is 1. The third-order valence-corrected chi connectivity index (χ3v) is 4.40. The molecule has 0 radical (unpaired) electrons. The van der Waals surface area contributed by atoms with Crippen LogP contribution in [0.5, 0.6) is 5.75 Å². The van der Waals surface area contributed by atoms with Crippen molar-refractivity contribution < 1.29 is 22.9 Å². The molecule has 3 N–H and O–H groups in total. The number of nitrogens with two attached hydrogens (primary N) is 1. The zero-order chi connectivity index (χ0) is 17.9. The van der Waals surface area contributed by atoms with E-state index in [0.29, 0.717) is 5.69 Å². The van der Waals surface area contributed by atoms with Gasteiger partial charge in [0.1, 0.15) is 0 Å². The quantitative estimate of drug-likeness (QED) is 0.470. The SMILES string of the molecule is COc1cc(C(=O)NS(=O)(=O)c2ccc(N)cc2)ccc1[N+](=O)[O-]. The van der Waals surface area contributed by atoms with Gasteiger partial charge in [0.2, 0.25) is 0 Å². The van der Waals surface area contributed by atoms with Crippen LogP contribution < -0.4 is 15.2 Å². The average Bonchev–Trinajstić information content (AvgIpc) is 2.54. The number of rotatable bonds is 5. The van der Waals surface area contributed by atoms with Crippen molar-refractivity contribution in [3.05, 3.63) is 58.1 Å². The third kappa shape index (κ3) is 3.60. The number of ether oxygens (including phenoxy) is 1. The van der Waals surface area contributed by atoms with Crippen molar-refractivity contribution in [1.82, 2.24) is 4.72 Å². The summed E-state index contributed by atoms with van der Waals surface area (Å²) in [6.07, 6.45) is 0. The van der Waals surface area contributed by atoms with Crippen molar-refractivity contribution >= 4 is 27.3 Å². The molecule has 0 unspecified atom stereocenters. The van der Waals surface area contributed by atoms with E-state index in [1.165, 1.54) is 31.4 Å². The number of nitro benzene ring substituents is 1. The van der Waals surface area contributed by atoms with Gasteiger partial charge < -0.3 is 10.5 Å². The molecule has 9 nitrogen and oxygen atoms in total. The molecule has 0 heterocycles. The highest BCUT2D eigenvalue weighted by molar-refractivity contribution is 7.90. The van der Waals surface area contributed by atoms with Crippen molar-refractivity contribution in [3.63, 3.8) is 0 Å². The van der Waals surface area contributed by atoms with Crippen molar-refractivity contribution in [2.45, 2.75) is 4.90 Å². The van der Waals surface area contributed by atoms with E-state index in [1.54, 1.807) is 0 Å². The lowest BCUT2D eigenvalue weighted by Crippen LogP contribution is -2.30. The number of carbonyl (C=O) groups excluding carboxylic acids is 1. The maximum atomic E-state index is 12.1. The van der Waals surface area contributed by atoms with Gasteiger partial charge in [-0.1, -0.05) is 0 Å². The maximum Gasteiger partial charge on any atom is 0.310 e. The zero-order valence-corrected chi connectivity index (χ0v) is 13.2. The van der Waals surface area contributed by atoms with Gasteiger partial charge in [-0.3, -0.25) is 14.9 Å². The fourth-order valence-electron chi connectivity index (χ4n) is 1.86. The van der Waals surface area contributed by atoms with Gasteiger partial charge >= 0.3 is 5.69 Å². The van der Waals surface area contributed by atoms with Crippen molar-refractivity contribution in [2.24, 2.45) is 0 Å². The second kappa shape index (κ2) is 6.54. The highest BCUT2D eigenvalue weighted by Gasteiger charge is 2.21. The molecular formula is C14H13N3O6S. The Kier molecular flexibility index (Phi) is 4.69. The van der Waals surface area contributed by atoms with E-state index >= 15 is 0 Å². The average molecular weight is 351 g/mol. The molecular weight excluding hydrogens is 338 g/mol. The van der Waals surface area contributed by atoms with Crippen LogP contribution in [0.25, 0.3) is 0 Å². The van der Waals surface area contributed by atoms with Gasteiger partial charge in [-0.15, -0.1) is 0 Å².